The highest BCUT2D eigenvalue weighted by Gasteiger charge is 2.20. The standard InChI is InChI=1S/C14H19ClN4/c1-3-8-19-9-7-17-14(19)13(18-16)11-5-4-6-12(15)10(11)2/h4-7,9,13,18H,3,8,16H2,1-2H3. The van der Waals surface area contributed by atoms with E-state index >= 15 is 0 Å². The average Bonchev–Trinajstić information content (AvgIpc) is 2.84. The number of aryl methyl sites for hydroxylation is 1. The first-order valence-corrected chi connectivity index (χ1v) is 6.79. The molecule has 0 spiro atoms. The second-order valence-corrected chi connectivity index (χ2v) is 4.94. The minimum absolute atomic E-state index is 0.153. The molecule has 5 heteroatoms. The third kappa shape index (κ3) is 2.81. The van der Waals surface area contributed by atoms with Gasteiger partial charge in [0.2, 0.25) is 0 Å². The van der Waals surface area contributed by atoms with Crippen LogP contribution in [0.4, 0.5) is 0 Å². The molecular weight excluding hydrogens is 260 g/mol. The maximum Gasteiger partial charge on any atom is 0.131 e. The molecule has 0 saturated carbocycles. The molecule has 0 radical (unpaired) electrons. The molecule has 1 aromatic carbocycles. The number of hydrazine groups is 1. The third-order valence-electron chi connectivity index (χ3n) is 3.26. The summed E-state index contributed by atoms with van der Waals surface area (Å²) in [6, 6.07) is 5.69. The van der Waals surface area contributed by atoms with Gasteiger partial charge in [-0.2, -0.15) is 0 Å². The number of hydrogen-bond acceptors (Lipinski definition) is 3. The van der Waals surface area contributed by atoms with Crippen molar-refractivity contribution in [2.24, 2.45) is 5.84 Å². The average molecular weight is 279 g/mol. The Morgan fingerprint density at radius 2 is 2.26 bits per heavy atom. The molecule has 1 aromatic heterocycles. The van der Waals surface area contributed by atoms with Gasteiger partial charge >= 0.3 is 0 Å². The lowest BCUT2D eigenvalue weighted by Gasteiger charge is -2.20. The van der Waals surface area contributed by atoms with Gasteiger partial charge in [-0.1, -0.05) is 30.7 Å². The van der Waals surface area contributed by atoms with Crippen molar-refractivity contribution in [2.75, 3.05) is 0 Å². The fourth-order valence-electron chi connectivity index (χ4n) is 2.25. The van der Waals surface area contributed by atoms with Crippen molar-refractivity contribution in [3.8, 4) is 0 Å². The minimum Gasteiger partial charge on any atom is -0.333 e. The van der Waals surface area contributed by atoms with Gasteiger partial charge in [0.05, 0.1) is 0 Å². The molecule has 19 heavy (non-hydrogen) atoms. The second kappa shape index (κ2) is 6.19. The van der Waals surface area contributed by atoms with Gasteiger partial charge in [-0.25, -0.2) is 10.4 Å². The van der Waals surface area contributed by atoms with Crippen LogP contribution in [0.1, 0.15) is 36.3 Å². The van der Waals surface area contributed by atoms with Crippen molar-refractivity contribution in [2.45, 2.75) is 32.9 Å². The molecule has 0 aliphatic carbocycles. The number of hydrogen-bond donors (Lipinski definition) is 2. The quantitative estimate of drug-likeness (QED) is 0.653. The van der Waals surface area contributed by atoms with Crippen LogP contribution in [0.5, 0.6) is 0 Å². The zero-order valence-electron chi connectivity index (χ0n) is 11.2. The molecule has 3 N–H and O–H groups in total. The topological polar surface area (TPSA) is 55.9 Å². The van der Waals surface area contributed by atoms with Crippen molar-refractivity contribution in [1.29, 1.82) is 0 Å². The first-order chi connectivity index (χ1) is 9.19. The maximum absolute atomic E-state index is 6.18. The van der Waals surface area contributed by atoms with E-state index in [9.17, 15) is 0 Å². The monoisotopic (exact) mass is 278 g/mol. The lowest BCUT2D eigenvalue weighted by molar-refractivity contribution is 0.544. The predicted molar refractivity (Wildman–Crippen MR) is 77.9 cm³/mol. The first-order valence-electron chi connectivity index (χ1n) is 6.41. The Bertz CT molecular complexity index is 550. The Balaban J connectivity index is 2.44. The Hall–Kier alpha value is -1.36. The minimum atomic E-state index is -0.153. The van der Waals surface area contributed by atoms with Crippen molar-refractivity contribution < 1.29 is 0 Å². The van der Waals surface area contributed by atoms with E-state index in [-0.39, 0.29) is 6.04 Å². The van der Waals surface area contributed by atoms with Crippen molar-refractivity contribution in [3.63, 3.8) is 0 Å². The molecule has 1 heterocycles. The van der Waals surface area contributed by atoms with E-state index in [4.69, 9.17) is 17.4 Å². The Kier molecular flexibility index (Phi) is 4.58. The number of nitrogens with two attached hydrogens (primary N) is 1. The first kappa shape index (κ1) is 14.1. The van der Waals surface area contributed by atoms with E-state index in [1.54, 1.807) is 6.20 Å². The summed E-state index contributed by atoms with van der Waals surface area (Å²) in [6.07, 6.45) is 4.83. The summed E-state index contributed by atoms with van der Waals surface area (Å²) in [6.45, 7) is 5.06. The van der Waals surface area contributed by atoms with Crippen LogP contribution in [-0.2, 0) is 6.54 Å². The molecule has 0 bridgehead atoms. The van der Waals surface area contributed by atoms with E-state index in [1.165, 1.54) is 0 Å². The zero-order chi connectivity index (χ0) is 13.8. The zero-order valence-corrected chi connectivity index (χ0v) is 12.0. The fraction of sp³-hybridized carbons (Fsp3) is 0.357. The highest BCUT2D eigenvalue weighted by atomic mass is 35.5. The van der Waals surface area contributed by atoms with Gasteiger partial charge in [0, 0.05) is 24.0 Å². The molecule has 0 aliphatic rings. The van der Waals surface area contributed by atoms with Crippen molar-refractivity contribution in [1.82, 2.24) is 15.0 Å². The highest BCUT2D eigenvalue weighted by molar-refractivity contribution is 6.31. The van der Waals surface area contributed by atoms with Gasteiger partial charge in [-0.05, 0) is 30.5 Å². The van der Waals surface area contributed by atoms with E-state index in [1.807, 2.05) is 31.3 Å². The molecule has 1 unspecified atom stereocenters. The van der Waals surface area contributed by atoms with E-state index in [0.29, 0.717) is 0 Å². The molecule has 2 rings (SSSR count). The normalized spacial score (nSPS) is 12.6. The SMILES string of the molecule is CCCn1ccnc1C(NN)c1cccc(Cl)c1C. The smallest absolute Gasteiger partial charge is 0.131 e. The van der Waals surface area contributed by atoms with Crippen LogP contribution >= 0.6 is 11.6 Å². The van der Waals surface area contributed by atoms with E-state index < -0.39 is 0 Å². The van der Waals surface area contributed by atoms with Gasteiger partial charge < -0.3 is 4.57 Å². The van der Waals surface area contributed by atoms with Crippen LogP contribution in [0.15, 0.2) is 30.6 Å². The van der Waals surface area contributed by atoms with Gasteiger partial charge in [0.15, 0.2) is 0 Å². The lowest BCUT2D eigenvalue weighted by atomic mass is 10.0. The van der Waals surface area contributed by atoms with Gasteiger partial charge in [0.25, 0.3) is 0 Å². The largest absolute Gasteiger partial charge is 0.333 e. The van der Waals surface area contributed by atoms with Crippen LogP contribution in [0, 0.1) is 6.92 Å². The number of imidazole rings is 1. The molecule has 0 fully saturated rings. The molecular formula is C14H19ClN4. The van der Waals surface area contributed by atoms with Crippen LogP contribution in [0.2, 0.25) is 5.02 Å². The van der Waals surface area contributed by atoms with Gasteiger partial charge in [-0.15, -0.1) is 0 Å². The molecule has 102 valence electrons. The van der Waals surface area contributed by atoms with E-state index in [2.05, 4.69) is 21.9 Å². The molecule has 0 amide bonds. The summed E-state index contributed by atoms with van der Waals surface area (Å²) >= 11 is 6.18. The number of benzene rings is 1. The third-order valence-corrected chi connectivity index (χ3v) is 3.67. The molecule has 2 aromatic rings. The number of rotatable bonds is 5. The fourth-order valence-corrected chi connectivity index (χ4v) is 2.43. The summed E-state index contributed by atoms with van der Waals surface area (Å²) in [4.78, 5) is 4.43. The van der Waals surface area contributed by atoms with Crippen LogP contribution in [0.3, 0.4) is 0 Å². The summed E-state index contributed by atoms with van der Waals surface area (Å²) in [5.74, 6) is 6.65. The number of halogens is 1. The van der Waals surface area contributed by atoms with E-state index in [0.717, 1.165) is 34.9 Å². The molecule has 0 saturated heterocycles. The summed E-state index contributed by atoms with van der Waals surface area (Å²) in [7, 11) is 0. The second-order valence-electron chi connectivity index (χ2n) is 4.53. The number of aromatic nitrogens is 2. The van der Waals surface area contributed by atoms with Crippen molar-refractivity contribution in [3.05, 3.63) is 52.6 Å². The van der Waals surface area contributed by atoms with Crippen LogP contribution < -0.4 is 11.3 Å². The van der Waals surface area contributed by atoms with Crippen LogP contribution in [-0.4, -0.2) is 9.55 Å². The predicted octanol–water partition coefficient (Wildman–Crippen LogP) is 2.81. The molecule has 1 atom stereocenters. The Morgan fingerprint density at radius 1 is 1.47 bits per heavy atom. The summed E-state index contributed by atoms with van der Waals surface area (Å²) < 4.78 is 2.12. The molecule has 4 nitrogen and oxygen atoms in total. The Morgan fingerprint density at radius 3 is 2.95 bits per heavy atom. The summed E-state index contributed by atoms with van der Waals surface area (Å²) in [5, 5.41) is 0.742. The highest BCUT2D eigenvalue weighted by Crippen LogP contribution is 2.27. The van der Waals surface area contributed by atoms with Crippen LogP contribution in [0.25, 0.3) is 0 Å². The van der Waals surface area contributed by atoms with Crippen molar-refractivity contribution >= 4 is 11.6 Å². The summed E-state index contributed by atoms with van der Waals surface area (Å²) in [5.41, 5.74) is 4.93. The maximum atomic E-state index is 6.18. The van der Waals surface area contributed by atoms with Gasteiger partial charge in [-0.3, -0.25) is 5.84 Å². The number of nitrogens with zero attached hydrogens (tertiary/aromatic N) is 2. The molecule has 0 aliphatic heterocycles. The van der Waals surface area contributed by atoms with Gasteiger partial charge in [0.1, 0.15) is 11.9 Å². The lowest BCUT2D eigenvalue weighted by Crippen LogP contribution is -2.31. The number of nitrogens with one attached hydrogen (secondary N) is 1. The Labute approximate surface area is 118 Å².